The van der Waals surface area contributed by atoms with Crippen molar-refractivity contribution in [1.82, 2.24) is 4.31 Å². The van der Waals surface area contributed by atoms with Gasteiger partial charge in [-0.1, -0.05) is 0 Å². The molecule has 2 saturated heterocycles. The number of morpholine rings is 1. The number of carbonyl (C=O) groups excluding carboxylic acids is 1. The SMILES string of the molecule is Cc1ccsc1/C=C/C(=O)Nc1cc(S(=O)(=O)N2CCOCC2)ccc1N1CCCCC1. The van der Waals surface area contributed by atoms with Crippen molar-refractivity contribution in [1.29, 1.82) is 0 Å². The molecule has 2 aliphatic rings. The topological polar surface area (TPSA) is 79.0 Å². The quantitative estimate of drug-likeness (QED) is 0.645. The van der Waals surface area contributed by atoms with Gasteiger partial charge in [-0.05, 0) is 67.5 Å². The molecule has 3 heterocycles. The highest BCUT2D eigenvalue weighted by Crippen LogP contribution is 2.32. The molecule has 9 heteroatoms. The number of anilines is 2. The van der Waals surface area contributed by atoms with Crippen LogP contribution >= 0.6 is 11.3 Å². The number of thiophene rings is 1. The average molecular weight is 476 g/mol. The van der Waals surface area contributed by atoms with E-state index in [1.165, 1.54) is 16.8 Å². The zero-order valence-corrected chi connectivity index (χ0v) is 19.9. The Morgan fingerprint density at radius 2 is 1.84 bits per heavy atom. The second kappa shape index (κ2) is 10.2. The van der Waals surface area contributed by atoms with Crippen molar-refractivity contribution in [2.75, 3.05) is 49.6 Å². The summed E-state index contributed by atoms with van der Waals surface area (Å²) in [6.45, 7) is 5.23. The first-order valence-corrected chi connectivity index (χ1v) is 13.3. The van der Waals surface area contributed by atoms with Crippen molar-refractivity contribution in [3.8, 4) is 0 Å². The number of amides is 1. The van der Waals surface area contributed by atoms with Crippen LogP contribution in [0.5, 0.6) is 0 Å². The first-order chi connectivity index (χ1) is 15.4. The number of hydrogen-bond donors (Lipinski definition) is 1. The molecular weight excluding hydrogens is 446 g/mol. The molecule has 32 heavy (non-hydrogen) atoms. The van der Waals surface area contributed by atoms with Gasteiger partial charge in [-0.2, -0.15) is 4.31 Å². The Hall–Kier alpha value is -2.20. The summed E-state index contributed by atoms with van der Waals surface area (Å²) in [7, 11) is -3.65. The lowest BCUT2D eigenvalue weighted by Crippen LogP contribution is -2.40. The first kappa shape index (κ1) is 23.0. The average Bonchev–Trinajstić information content (AvgIpc) is 3.23. The van der Waals surface area contributed by atoms with Crippen LogP contribution in [0.25, 0.3) is 6.08 Å². The third-order valence-electron chi connectivity index (χ3n) is 5.82. The van der Waals surface area contributed by atoms with Gasteiger partial charge in [0.05, 0.1) is 29.5 Å². The number of carbonyl (C=O) groups is 1. The molecular formula is C23H29N3O4S2. The molecule has 0 radical (unpaired) electrons. The number of rotatable bonds is 6. The highest BCUT2D eigenvalue weighted by atomic mass is 32.2. The number of aryl methyl sites for hydroxylation is 1. The van der Waals surface area contributed by atoms with Gasteiger partial charge < -0.3 is 15.0 Å². The fourth-order valence-corrected chi connectivity index (χ4v) is 6.26. The molecule has 4 rings (SSSR count). The van der Waals surface area contributed by atoms with E-state index in [9.17, 15) is 13.2 Å². The molecule has 0 atom stereocenters. The Labute approximate surface area is 193 Å². The van der Waals surface area contributed by atoms with Gasteiger partial charge in [-0.15, -0.1) is 11.3 Å². The fraction of sp³-hybridized carbons (Fsp3) is 0.435. The van der Waals surface area contributed by atoms with E-state index in [2.05, 4.69) is 10.2 Å². The Bertz CT molecular complexity index is 1080. The minimum absolute atomic E-state index is 0.188. The van der Waals surface area contributed by atoms with Crippen molar-refractivity contribution in [2.45, 2.75) is 31.1 Å². The van der Waals surface area contributed by atoms with E-state index in [0.29, 0.717) is 32.0 Å². The van der Waals surface area contributed by atoms with Crippen molar-refractivity contribution < 1.29 is 17.9 Å². The number of benzene rings is 1. The van der Waals surface area contributed by atoms with Crippen LogP contribution < -0.4 is 10.2 Å². The number of ether oxygens (including phenoxy) is 1. The summed E-state index contributed by atoms with van der Waals surface area (Å²) in [5.41, 5.74) is 2.50. The Balaban J connectivity index is 1.62. The summed E-state index contributed by atoms with van der Waals surface area (Å²) >= 11 is 1.58. The fourth-order valence-electron chi connectivity index (χ4n) is 4.00. The number of nitrogens with zero attached hydrogens (tertiary/aromatic N) is 2. The maximum absolute atomic E-state index is 13.2. The Morgan fingerprint density at radius 1 is 1.09 bits per heavy atom. The van der Waals surface area contributed by atoms with Crippen LogP contribution in [0.4, 0.5) is 11.4 Å². The highest BCUT2D eigenvalue weighted by Gasteiger charge is 2.28. The van der Waals surface area contributed by atoms with Crippen molar-refractivity contribution >= 4 is 44.7 Å². The van der Waals surface area contributed by atoms with Gasteiger partial charge in [0.1, 0.15) is 0 Å². The van der Waals surface area contributed by atoms with Gasteiger partial charge >= 0.3 is 0 Å². The Kier molecular flexibility index (Phi) is 7.30. The van der Waals surface area contributed by atoms with Crippen molar-refractivity contribution in [3.05, 3.63) is 46.2 Å². The normalized spacial score (nSPS) is 18.2. The minimum atomic E-state index is -3.65. The zero-order valence-electron chi connectivity index (χ0n) is 18.2. The van der Waals surface area contributed by atoms with E-state index in [4.69, 9.17) is 4.74 Å². The van der Waals surface area contributed by atoms with Crippen LogP contribution in [0, 0.1) is 6.92 Å². The molecule has 7 nitrogen and oxygen atoms in total. The maximum atomic E-state index is 13.2. The first-order valence-electron chi connectivity index (χ1n) is 11.0. The predicted octanol–water partition coefficient (Wildman–Crippen LogP) is 3.72. The van der Waals surface area contributed by atoms with Crippen LogP contribution in [0.1, 0.15) is 29.7 Å². The van der Waals surface area contributed by atoms with Gasteiger partial charge in [0, 0.05) is 37.1 Å². The summed E-state index contributed by atoms with van der Waals surface area (Å²) in [5.74, 6) is -0.281. The van der Waals surface area contributed by atoms with Gasteiger partial charge in [0.25, 0.3) is 0 Å². The summed E-state index contributed by atoms with van der Waals surface area (Å²) in [5, 5.41) is 4.92. The molecule has 1 amide bonds. The highest BCUT2D eigenvalue weighted by molar-refractivity contribution is 7.89. The molecule has 0 aliphatic carbocycles. The third-order valence-corrected chi connectivity index (χ3v) is 8.70. The van der Waals surface area contributed by atoms with E-state index < -0.39 is 10.0 Å². The summed E-state index contributed by atoms with van der Waals surface area (Å²) in [6, 6.07) is 7.07. The van der Waals surface area contributed by atoms with Gasteiger partial charge in [-0.25, -0.2) is 8.42 Å². The monoisotopic (exact) mass is 475 g/mol. The largest absolute Gasteiger partial charge is 0.379 e. The molecule has 1 N–H and O–H groups in total. The molecule has 0 spiro atoms. The minimum Gasteiger partial charge on any atom is -0.379 e. The van der Waals surface area contributed by atoms with Crippen LogP contribution in [-0.2, 0) is 19.6 Å². The number of piperidine rings is 1. The Morgan fingerprint density at radius 3 is 2.53 bits per heavy atom. The van der Waals surface area contributed by atoms with E-state index in [1.807, 2.05) is 24.4 Å². The molecule has 2 fully saturated rings. The molecule has 2 aliphatic heterocycles. The maximum Gasteiger partial charge on any atom is 0.248 e. The molecule has 1 aromatic heterocycles. The summed E-state index contributed by atoms with van der Waals surface area (Å²) < 4.78 is 33.1. The van der Waals surface area contributed by atoms with Gasteiger partial charge in [0.2, 0.25) is 15.9 Å². The lowest BCUT2D eigenvalue weighted by molar-refractivity contribution is -0.111. The van der Waals surface area contributed by atoms with Crippen LogP contribution in [0.2, 0.25) is 0 Å². The molecule has 1 aromatic carbocycles. The molecule has 172 valence electrons. The third kappa shape index (κ3) is 5.23. The molecule has 0 saturated carbocycles. The summed E-state index contributed by atoms with van der Waals surface area (Å²) in [4.78, 5) is 16.2. The summed E-state index contributed by atoms with van der Waals surface area (Å²) in [6.07, 6.45) is 6.65. The van der Waals surface area contributed by atoms with Crippen LogP contribution in [0.3, 0.4) is 0 Å². The molecule has 0 unspecified atom stereocenters. The number of hydrogen-bond acceptors (Lipinski definition) is 6. The van der Waals surface area contributed by atoms with Crippen molar-refractivity contribution in [3.63, 3.8) is 0 Å². The zero-order chi connectivity index (χ0) is 22.6. The molecule has 2 aromatic rings. The second-order valence-corrected chi connectivity index (χ2v) is 10.9. The predicted molar refractivity (Wildman–Crippen MR) is 129 cm³/mol. The van der Waals surface area contributed by atoms with Crippen LogP contribution in [-0.4, -0.2) is 58.0 Å². The van der Waals surface area contributed by atoms with E-state index in [1.54, 1.807) is 29.5 Å². The van der Waals surface area contributed by atoms with Gasteiger partial charge in [-0.3, -0.25) is 4.79 Å². The van der Waals surface area contributed by atoms with Gasteiger partial charge in [0.15, 0.2) is 0 Å². The molecule has 0 bridgehead atoms. The number of nitrogens with one attached hydrogen (secondary N) is 1. The van der Waals surface area contributed by atoms with E-state index >= 15 is 0 Å². The number of sulfonamides is 1. The smallest absolute Gasteiger partial charge is 0.248 e. The van der Waals surface area contributed by atoms with Crippen molar-refractivity contribution in [2.24, 2.45) is 0 Å². The standard InChI is InChI=1S/C23H29N3O4S2/c1-18-9-16-31-22(18)7-8-23(27)24-20-17-19(32(28,29)26-12-14-30-15-13-26)5-6-21(20)25-10-3-2-4-11-25/h5-9,16-17H,2-4,10-15H2,1H3,(H,24,27)/b8-7+. The van der Waals surface area contributed by atoms with Crippen LogP contribution in [0.15, 0.2) is 40.6 Å². The van der Waals surface area contributed by atoms with E-state index in [0.717, 1.165) is 42.1 Å². The lowest BCUT2D eigenvalue weighted by atomic mass is 10.1. The second-order valence-electron chi connectivity index (χ2n) is 8.03. The lowest BCUT2D eigenvalue weighted by Gasteiger charge is -2.31. The van der Waals surface area contributed by atoms with E-state index in [-0.39, 0.29) is 10.8 Å².